The van der Waals surface area contributed by atoms with Gasteiger partial charge >= 0.3 is 5.97 Å². The van der Waals surface area contributed by atoms with Crippen LogP contribution in [-0.2, 0) is 4.79 Å². The fourth-order valence-electron chi connectivity index (χ4n) is 1.48. The van der Waals surface area contributed by atoms with Crippen molar-refractivity contribution >= 4 is 23.6 Å². The lowest BCUT2D eigenvalue weighted by molar-refractivity contribution is -0.133. The number of nitrogens with one attached hydrogen (secondary N) is 2. The Kier molecular flexibility index (Phi) is 4.83. The van der Waals surface area contributed by atoms with Crippen LogP contribution >= 0.6 is 11.8 Å². The van der Waals surface area contributed by atoms with Crippen LogP contribution in [0, 0.1) is 0 Å². The number of hydrogen-bond acceptors (Lipinski definition) is 5. The van der Waals surface area contributed by atoms with Crippen molar-refractivity contribution in [2.24, 2.45) is 0 Å². The van der Waals surface area contributed by atoms with Crippen LogP contribution in [0.4, 0.5) is 0 Å². The van der Waals surface area contributed by atoms with Crippen molar-refractivity contribution in [1.82, 2.24) is 15.5 Å². The number of aliphatic carboxylic acids is 1. The molecule has 1 amide bonds. The minimum atomic E-state index is -0.864. The van der Waals surface area contributed by atoms with Crippen molar-refractivity contribution in [3.05, 3.63) is 30.2 Å². The van der Waals surface area contributed by atoms with Gasteiger partial charge in [0.15, 0.2) is 11.5 Å². The van der Waals surface area contributed by atoms with Gasteiger partial charge in [-0.15, -0.1) is 11.8 Å². The number of carbonyl (C=O) groups is 2. The number of furan rings is 1. The van der Waals surface area contributed by atoms with Crippen molar-refractivity contribution in [3.8, 4) is 11.5 Å². The standard InChI is InChI=1S/C12H13N3O4S/c16-11(17)7-20-5-3-13-12(18)9-6-8(14-15-9)10-2-1-4-19-10/h1-2,4,6H,3,5,7H2,(H,13,18)(H,14,15)(H,16,17). The highest BCUT2D eigenvalue weighted by atomic mass is 32.2. The Labute approximate surface area is 118 Å². The molecule has 0 radical (unpaired) electrons. The summed E-state index contributed by atoms with van der Waals surface area (Å²) in [7, 11) is 0. The number of nitrogens with zero attached hydrogens (tertiary/aromatic N) is 1. The third-order valence-corrected chi connectivity index (χ3v) is 3.30. The van der Waals surface area contributed by atoms with Crippen molar-refractivity contribution in [2.45, 2.75) is 0 Å². The van der Waals surface area contributed by atoms with Gasteiger partial charge in [-0.1, -0.05) is 0 Å². The number of aromatic amines is 1. The van der Waals surface area contributed by atoms with Crippen LogP contribution in [0.15, 0.2) is 28.9 Å². The van der Waals surface area contributed by atoms with E-state index in [0.717, 1.165) is 0 Å². The van der Waals surface area contributed by atoms with Gasteiger partial charge in [0.1, 0.15) is 5.69 Å². The third-order valence-electron chi connectivity index (χ3n) is 2.35. The molecule has 106 valence electrons. The molecule has 0 aliphatic carbocycles. The van der Waals surface area contributed by atoms with Gasteiger partial charge in [0.25, 0.3) is 5.91 Å². The maximum absolute atomic E-state index is 11.8. The molecule has 3 N–H and O–H groups in total. The van der Waals surface area contributed by atoms with E-state index in [0.29, 0.717) is 23.8 Å². The molecule has 0 aliphatic rings. The number of H-pyrrole nitrogens is 1. The summed E-state index contributed by atoms with van der Waals surface area (Å²) in [6, 6.07) is 5.10. The van der Waals surface area contributed by atoms with E-state index in [-0.39, 0.29) is 17.4 Å². The topological polar surface area (TPSA) is 108 Å². The minimum absolute atomic E-state index is 0.0287. The Hall–Kier alpha value is -2.22. The van der Waals surface area contributed by atoms with Crippen molar-refractivity contribution in [2.75, 3.05) is 18.1 Å². The molecule has 2 rings (SSSR count). The molecular weight excluding hydrogens is 282 g/mol. The molecule has 2 aromatic heterocycles. The predicted octanol–water partition coefficient (Wildman–Crippen LogP) is 1.22. The van der Waals surface area contributed by atoms with Gasteiger partial charge in [-0.25, -0.2) is 0 Å². The molecule has 20 heavy (non-hydrogen) atoms. The highest BCUT2D eigenvalue weighted by Gasteiger charge is 2.12. The largest absolute Gasteiger partial charge is 0.481 e. The highest BCUT2D eigenvalue weighted by Crippen LogP contribution is 2.17. The van der Waals surface area contributed by atoms with Crippen LogP contribution < -0.4 is 5.32 Å². The maximum Gasteiger partial charge on any atom is 0.313 e. The van der Waals surface area contributed by atoms with E-state index in [1.54, 1.807) is 18.2 Å². The van der Waals surface area contributed by atoms with Gasteiger partial charge < -0.3 is 14.8 Å². The molecule has 0 aliphatic heterocycles. The molecule has 0 saturated heterocycles. The van der Waals surface area contributed by atoms with E-state index in [1.807, 2.05) is 0 Å². The first-order chi connectivity index (χ1) is 9.66. The lowest BCUT2D eigenvalue weighted by Gasteiger charge is -2.01. The van der Waals surface area contributed by atoms with Crippen LogP contribution in [0.2, 0.25) is 0 Å². The summed E-state index contributed by atoms with van der Waals surface area (Å²) in [6.07, 6.45) is 1.54. The molecule has 7 nitrogen and oxygen atoms in total. The average molecular weight is 295 g/mol. The summed E-state index contributed by atoms with van der Waals surface area (Å²) < 4.78 is 5.19. The molecule has 0 spiro atoms. The molecular formula is C12H13N3O4S. The summed E-state index contributed by atoms with van der Waals surface area (Å²) in [6.45, 7) is 0.389. The van der Waals surface area contributed by atoms with Crippen molar-refractivity contribution in [1.29, 1.82) is 0 Å². The zero-order chi connectivity index (χ0) is 14.4. The smallest absolute Gasteiger partial charge is 0.313 e. The number of carboxylic acids is 1. The fraction of sp³-hybridized carbons (Fsp3) is 0.250. The first-order valence-corrected chi connectivity index (χ1v) is 6.99. The average Bonchev–Trinajstić information content (AvgIpc) is 3.08. The van der Waals surface area contributed by atoms with E-state index in [9.17, 15) is 9.59 Å². The lowest BCUT2D eigenvalue weighted by atomic mass is 10.3. The van der Waals surface area contributed by atoms with Crippen LogP contribution in [0.5, 0.6) is 0 Å². The number of thioether (sulfide) groups is 1. The van der Waals surface area contributed by atoms with E-state index in [2.05, 4.69) is 15.5 Å². The first-order valence-electron chi connectivity index (χ1n) is 5.84. The zero-order valence-electron chi connectivity index (χ0n) is 10.5. The highest BCUT2D eigenvalue weighted by molar-refractivity contribution is 7.99. The SMILES string of the molecule is O=C(O)CSCCNC(=O)c1cc(-c2ccco2)[nH]n1. The summed E-state index contributed by atoms with van der Waals surface area (Å²) in [5.41, 5.74) is 0.889. The van der Waals surface area contributed by atoms with Gasteiger partial charge in [0.05, 0.1) is 12.0 Å². The second kappa shape index (κ2) is 6.80. The van der Waals surface area contributed by atoms with Crippen LogP contribution in [0.25, 0.3) is 11.5 Å². The monoisotopic (exact) mass is 295 g/mol. The van der Waals surface area contributed by atoms with E-state index in [4.69, 9.17) is 9.52 Å². The van der Waals surface area contributed by atoms with Gasteiger partial charge in [-0.3, -0.25) is 14.7 Å². The van der Waals surface area contributed by atoms with Gasteiger partial charge in [0.2, 0.25) is 0 Å². The molecule has 0 aromatic carbocycles. The summed E-state index contributed by atoms with van der Waals surface area (Å²) in [5, 5.41) is 17.7. The van der Waals surface area contributed by atoms with E-state index in [1.165, 1.54) is 18.0 Å². The predicted molar refractivity (Wildman–Crippen MR) is 73.6 cm³/mol. The Morgan fingerprint density at radius 1 is 1.50 bits per heavy atom. The minimum Gasteiger partial charge on any atom is -0.481 e. The number of aromatic nitrogens is 2. The lowest BCUT2D eigenvalue weighted by Crippen LogP contribution is -2.26. The Morgan fingerprint density at radius 2 is 2.35 bits per heavy atom. The first kappa shape index (κ1) is 14.2. The fourth-order valence-corrected chi connectivity index (χ4v) is 2.05. The van der Waals surface area contributed by atoms with Crippen molar-refractivity contribution < 1.29 is 19.1 Å². The molecule has 2 heterocycles. The van der Waals surface area contributed by atoms with Crippen LogP contribution in [-0.4, -0.2) is 45.2 Å². The molecule has 8 heteroatoms. The third kappa shape index (κ3) is 3.89. The van der Waals surface area contributed by atoms with E-state index < -0.39 is 5.97 Å². The molecule has 0 bridgehead atoms. The molecule has 2 aromatic rings. The van der Waals surface area contributed by atoms with Gasteiger partial charge in [-0.2, -0.15) is 5.10 Å². The number of amides is 1. The molecule has 0 unspecified atom stereocenters. The van der Waals surface area contributed by atoms with Gasteiger partial charge in [0, 0.05) is 18.4 Å². The second-order valence-electron chi connectivity index (χ2n) is 3.85. The summed E-state index contributed by atoms with van der Waals surface area (Å²) in [5.74, 6) is -0.00529. The Balaban J connectivity index is 1.80. The van der Waals surface area contributed by atoms with E-state index >= 15 is 0 Å². The van der Waals surface area contributed by atoms with Crippen LogP contribution in [0.3, 0.4) is 0 Å². The maximum atomic E-state index is 11.8. The number of carboxylic acid groups (broad SMARTS) is 1. The normalized spacial score (nSPS) is 10.4. The Morgan fingerprint density at radius 3 is 3.05 bits per heavy atom. The molecule has 0 saturated carbocycles. The second-order valence-corrected chi connectivity index (χ2v) is 4.95. The number of rotatable bonds is 7. The van der Waals surface area contributed by atoms with Crippen molar-refractivity contribution in [3.63, 3.8) is 0 Å². The number of hydrogen-bond donors (Lipinski definition) is 3. The summed E-state index contributed by atoms with van der Waals surface area (Å²) in [4.78, 5) is 22.1. The molecule has 0 atom stereocenters. The quantitative estimate of drug-likeness (QED) is 0.663. The van der Waals surface area contributed by atoms with Gasteiger partial charge in [-0.05, 0) is 12.1 Å². The summed E-state index contributed by atoms with van der Waals surface area (Å²) >= 11 is 1.24. The number of carbonyl (C=O) groups excluding carboxylic acids is 1. The zero-order valence-corrected chi connectivity index (χ0v) is 11.3. The Bertz CT molecular complexity index is 579. The molecule has 0 fully saturated rings. The van der Waals surface area contributed by atoms with Crippen LogP contribution in [0.1, 0.15) is 10.5 Å².